The second kappa shape index (κ2) is 7.38. The maximum absolute atomic E-state index is 12.5. The van der Waals surface area contributed by atoms with Gasteiger partial charge in [0.05, 0.1) is 19.4 Å². The summed E-state index contributed by atoms with van der Waals surface area (Å²) in [7, 11) is 0. The zero-order valence-electron chi connectivity index (χ0n) is 15.6. The van der Waals surface area contributed by atoms with E-state index in [4.69, 9.17) is 9.25 Å². The van der Waals surface area contributed by atoms with E-state index in [1.807, 2.05) is 31.2 Å². The highest BCUT2D eigenvalue weighted by atomic mass is 16.7. The van der Waals surface area contributed by atoms with Gasteiger partial charge in [0.1, 0.15) is 11.5 Å². The third-order valence-electron chi connectivity index (χ3n) is 4.98. The lowest BCUT2D eigenvalue weighted by atomic mass is 9.96. The molecule has 146 valence electrons. The predicted octanol–water partition coefficient (Wildman–Crippen LogP) is 2.66. The van der Waals surface area contributed by atoms with Gasteiger partial charge in [-0.25, -0.2) is 4.79 Å². The molecule has 8 nitrogen and oxygen atoms in total. The lowest BCUT2D eigenvalue weighted by Gasteiger charge is -2.22. The van der Waals surface area contributed by atoms with Crippen LogP contribution in [0.1, 0.15) is 24.2 Å². The smallest absolute Gasteiger partial charge is 0.321 e. The van der Waals surface area contributed by atoms with Gasteiger partial charge in [-0.2, -0.15) is 0 Å². The van der Waals surface area contributed by atoms with Gasteiger partial charge in [-0.3, -0.25) is 4.79 Å². The normalized spacial score (nSPS) is 20.8. The Bertz CT molecular complexity index is 909. The summed E-state index contributed by atoms with van der Waals surface area (Å²) < 4.78 is 5.20. The van der Waals surface area contributed by atoms with Crippen LogP contribution < -0.4 is 10.6 Å². The number of furan rings is 1. The molecule has 1 aromatic heterocycles. The van der Waals surface area contributed by atoms with Crippen LogP contribution in [0.15, 0.2) is 52.2 Å². The Hall–Kier alpha value is -3.29. The quantitative estimate of drug-likeness (QED) is 0.850. The fraction of sp³-hybridized carbons (Fsp3) is 0.350. The van der Waals surface area contributed by atoms with Crippen LogP contribution in [0.3, 0.4) is 0 Å². The number of nitrogens with zero attached hydrogens (tertiary/aromatic N) is 2. The molecule has 2 aliphatic heterocycles. The molecule has 28 heavy (non-hydrogen) atoms. The molecule has 8 heteroatoms. The summed E-state index contributed by atoms with van der Waals surface area (Å²) in [5.41, 5.74) is 1.55. The molecule has 4 rings (SSSR count). The standard InChI is InChI=1S/C20H22N4O4/c1-14-4-2-5-15(10-14)22-19(26)24-8-7-20(13-24)11-17(23-28-20)18(25)21-12-16-6-3-9-27-16/h2-6,9-10H,7-8,11-13H2,1H3,(H,21,25)(H,22,26)/t20-/m0/s1. The van der Waals surface area contributed by atoms with Gasteiger partial charge < -0.3 is 24.8 Å². The summed E-state index contributed by atoms with van der Waals surface area (Å²) >= 11 is 0. The third-order valence-corrected chi connectivity index (χ3v) is 4.98. The number of urea groups is 1. The highest BCUT2D eigenvalue weighted by Crippen LogP contribution is 2.34. The van der Waals surface area contributed by atoms with Crippen molar-refractivity contribution in [2.24, 2.45) is 5.16 Å². The number of oxime groups is 1. The van der Waals surface area contributed by atoms with Crippen LogP contribution in [0, 0.1) is 6.92 Å². The minimum absolute atomic E-state index is 0.179. The molecule has 0 unspecified atom stereocenters. The number of aryl methyl sites for hydroxylation is 1. The van der Waals surface area contributed by atoms with Crippen LogP contribution >= 0.6 is 0 Å². The molecule has 1 saturated heterocycles. The van der Waals surface area contributed by atoms with E-state index in [0.717, 1.165) is 11.3 Å². The molecular weight excluding hydrogens is 360 g/mol. The highest BCUT2D eigenvalue weighted by molar-refractivity contribution is 6.39. The number of benzene rings is 1. The lowest BCUT2D eigenvalue weighted by Crippen LogP contribution is -2.39. The van der Waals surface area contributed by atoms with Gasteiger partial charge in [-0.1, -0.05) is 17.3 Å². The van der Waals surface area contributed by atoms with Crippen molar-refractivity contribution in [1.82, 2.24) is 10.2 Å². The van der Waals surface area contributed by atoms with Gasteiger partial charge in [0.2, 0.25) is 0 Å². The van der Waals surface area contributed by atoms with E-state index < -0.39 is 5.60 Å². The van der Waals surface area contributed by atoms with Crippen molar-refractivity contribution in [2.45, 2.75) is 31.9 Å². The van der Waals surface area contributed by atoms with Crippen LogP contribution in [0.25, 0.3) is 0 Å². The second-order valence-electron chi connectivity index (χ2n) is 7.22. The Balaban J connectivity index is 1.30. The molecule has 0 saturated carbocycles. The molecular formula is C20H22N4O4. The zero-order chi connectivity index (χ0) is 19.6. The van der Waals surface area contributed by atoms with Gasteiger partial charge in [0, 0.05) is 25.1 Å². The third kappa shape index (κ3) is 3.85. The predicted molar refractivity (Wildman–Crippen MR) is 103 cm³/mol. The molecule has 1 aromatic carbocycles. The maximum Gasteiger partial charge on any atom is 0.321 e. The summed E-state index contributed by atoms with van der Waals surface area (Å²) in [5.74, 6) is 0.387. The monoisotopic (exact) mass is 382 g/mol. The van der Waals surface area contributed by atoms with Crippen molar-refractivity contribution < 1.29 is 18.8 Å². The molecule has 1 fully saturated rings. The van der Waals surface area contributed by atoms with Crippen LogP contribution in [0.2, 0.25) is 0 Å². The number of anilines is 1. The number of carbonyl (C=O) groups excluding carboxylic acids is 2. The van der Waals surface area contributed by atoms with Crippen LogP contribution in [0.4, 0.5) is 10.5 Å². The van der Waals surface area contributed by atoms with E-state index in [9.17, 15) is 9.59 Å². The Kier molecular flexibility index (Phi) is 4.77. The molecule has 0 bridgehead atoms. The van der Waals surface area contributed by atoms with Crippen molar-refractivity contribution in [1.29, 1.82) is 0 Å². The van der Waals surface area contributed by atoms with E-state index in [-0.39, 0.29) is 11.9 Å². The van der Waals surface area contributed by atoms with Crippen molar-refractivity contribution in [3.05, 3.63) is 54.0 Å². The molecule has 0 aliphatic carbocycles. The van der Waals surface area contributed by atoms with Crippen molar-refractivity contribution in [3.8, 4) is 0 Å². The van der Waals surface area contributed by atoms with Crippen LogP contribution in [-0.2, 0) is 16.2 Å². The first-order chi connectivity index (χ1) is 13.5. The number of nitrogens with one attached hydrogen (secondary N) is 2. The number of hydrogen-bond donors (Lipinski definition) is 2. The molecule has 3 amide bonds. The zero-order valence-corrected chi connectivity index (χ0v) is 15.6. The second-order valence-corrected chi connectivity index (χ2v) is 7.22. The van der Waals surface area contributed by atoms with E-state index in [0.29, 0.717) is 43.9 Å². The number of amides is 3. The van der Waals surface area contributed by atoms with Gasteiger partial charge in [-0.05, 0) is 36.8 Å². The fourth-order valence-electron chi connectivity index (χ4n) is 3.49. The van der Waals surface area contributed by atoms with Crippen LogP contribution in [0.5, 0.6) is 0 Å². The van der Waals surface area contributed by atoms with Crippen molar-refractivity contribution in [2.75, 3.05) is 18.4 Å². The first-order valence-corrected chi connectivity index (χ1v) is 9.21. The van der Waals surface area contributed by atoms with Gasteiger partial charge in [0.25, 0.3) is 5.91 Å². The first-order valence-electron chi connectivity index (χ1n) is 9.21. The molecule has 1 spiro atoms. The van der Waals surface area contributed by atoms with E-state index >= 15 is 0 Å². The van der Waals surface area contributed by atoms with Gasteiger partial charge >= 0.3 is 6.03 Å². The largest absolute Gasteiger partial charge is 0.467 e. The molecule has 0 radical (unpaired) electrons. The summed E-state index contributed by atoms with van der Waals surface area (Å²) in [4.78, 5) is 32.2. The Morgan fingerprint density at radius 3 is 2.96 bits per heavy atom. The van der Waals surface area contributed by atoms with Crippen molar-refractivity contribution >= 4 is 23.3 Å². The number of likely N-dealkylation sites (tertiary alicyclic amines) is 1. The number of rotatable bonds is 4. The van der Waals surface area contributed by atoms with E-state index in [1.54, 1.807) is 23.3 Å². The number of carbonyl (C=O) groups is 2. The molecule has 3 heterocycles. The Morgan fingerprint density at radius 2 is 2.18 bits per heavy atom. The average molecular weight is 382 g/mol. The summed E-state index contributed by atoms with van der Waals surface area (Å²) in [6.07, 6.45) is 2.57. The van der Waals surface area contributed by atoms with Gasteiger partial charge in [0.15, 0.2) is 5.60 Å². The lowest BCUT2D eigenvalue weighted by molar-refractivity contribution is -0.115. The number of hydrogen-bond acceptors (Lipinski definition) is 5. The SMILES string of the molecule is Cc1cccc(NC(=O)N2CC[C@]3(CC(C(=O)NCc4ccco4)=NO3)C2)c1. The van der Waals surface area contributed by atoms with E-state index in [2.05, 4.69) is 15.8 Å². The first kappa shape index (κ1) is 18.1. The topological polar surface area (TPSA) is 96.2 Å². The molecule has 1 atom stereocenters. The van der Waals surface area contributed by atoms with Crippen molar-refractivity contribution in [3.63, 3.8) is 0 Å². The maximum atomic E-state index is 12.5. The minimum atomic E-state index is -0.624. The Labute approximate surface area is 162 Å². The summed E-state index contributed by atoms with van der Waals surface area (Å²) in [5, 5.41) is 9.65. The molecule has 2 aliphatic rings. The Morgan fingerprint density at radius 1 is 1.29 bits per heavy atom. The fourth-order valence-corrected chi connectivity index (χ4v) is 3.49. The average Bonchev–Trinajstić information content (AvgIpc) is 3.42. The highest BCUT2D eigenvalue weighted by Gasteiger charge is 2.48. The molecule has 2 aromatic rings. The minimum Gasteiger partial charge on any atom is -0.467 e. The van der Waals surface area contributed by atoms with Gasteiger partial charge in [-0.15, -0.1) is 0 Å². The van der Waals surface area contributed by atoms with Crippen LogP contribution in [-0.4, -0.2) is 41.2 Å². The summed E-state index contributed by atoms with van der Waals surface area (Å²) in [6, 6.07) is 11.0. The molecule has 2 N–H and O–H groups in total. The van der Waals surface area contributed by atoms with E-state index in [1.165, 1.54) is 0 Å². The summed E-state index contributed by atoms with van der Waals surface area (Å²) in [6.45, 7) is 3.21.